The van der Waals surface area contributed by atoms with Gasteiger partial charge in [-0.05, 0) is 33.6 Å². The number of likely N-dealkylation sites (tertiary alicyclic amines) is 1. The van der Waals surface area contributed by atoms with E-state index in [9.17, 15) is 23.1 Å². The molecule has 0 bridgehead atoms. The van der Waals surface area contributed by atoms with Gasteiger partial charge in [-0.3, -0.25) is 4.79 Å². The van der Waals surface area contributed by atoms with Gasteiger partial charge in [-0.15, -0.1) is 0 Å². The van der Waals surface area contributed by atoms with E-state index in [0.717, 1.165) is 0 Å². The summed E-state index contributed by atoms with van der Waals surface area (Å²) in [5, 5.41) is 9.46. The van der Waals surface area contributed by atoms with Gasteiger partial charge < -0.3 is 14.7 Å². The first-order valence-electron chi connectivity index (χ1n) is 7.35. The number of amides is 1. The average Bonchev–Trinajstić information content (AvgIpc) is 2.72. The molecular weight excluding hydrogens is 310 g/mol. The number of carboxylic acid groups (broad SMARTS) is 1. The summed E-state index contributed by atoms with van der Waals surface area (Å²) in [5.41, 5.74) is -1.31. The Labute approximate surface area is 130 Å². The molecule has 0 aromatic carbocycles. The Bertz CT molecular complexity index is 563. The maximum atomic E-state index is 12.2. The molecule has 0 aromatic rings. The normalized spacial score (nSPS) is 26.9. The molecule has 0 saturated carbocycles. The molecule has 2 heterocycles. The molecule has 2 fully saturated rings. The quantitative estimate of drug-likeness (QED) is 0.772. The van der Waals surface area contributed by atoms with Crippen LogP contribution in [0.3, 0.4) is 0 Å². The smallest absolute Gasteiger partial charge is 0.410 e. The van der Waals surface area contributed by atoms with E-state index in [1.807, 2.05) is 0 Å². The van der Waals surface area contributed by atoms with Gasteiger partial charge in [0.05, 0.1) is 17.4 Å². The van der Waals surface area contributed by atoms with E-state index in [2.05, 4.69) is 0 Å². The second kappa shape index (κ2) is 5.40. The van der Waals surface area contributed by atoms with Crippen LogP contribution in [0.5, 0.6) is 0 Å². The molecule has 8 heteroatoms. The number of hydrogen-bond donors (Lipinski definition) is 1. The van der Waals surface area contributed by atoms with Gasteiger partial charge >= 0.3 is 12.1 Å². The van der Waals surface area contributed by atoms with E-state index in [1.54, 1.807) is 20.8 Å². The van der Waals surface area contributed by atoms with E-state index in [1.165, 1.54) is 4.90 Å². The van der Waals surface area contributed by atoms with Gasteiger partial charge in [0, 0.05) is 18.5 Å². The number of aliphatic carboxylic acids is 1. The zero-order chi connectivity index (χ0) is 16.8. The molecule has 0 aromatic heterocycles. The highest BCUT2D eigenvalue weighted by atomic mass is 32.2. The van der Waals surface area contributed by atoms with Crippen molar-refractivity contribution in [3.8, 4) is 0 Å². The average molecular weight is 333 g/mol. The summed E-state index contributed by atoms with van der Waals surface area (Å²) in [5.74, 6) is -1.75. The minimum atomic E-state index is -3.09. The van der Waals surface area contributed by atoms with Crippen LogP contribution in [0.4, 0.5) is 4.79 Å². The summed E-state index contributed by atoms with van der Waals surface area (Å²) in [6, 6.07) is 0. The lowest BCUT2D eigenvalue weighted by atomic mass is 9.73. The second-order valence-electron chi connectivity index (χ2n) is 7.27. The fraction of sp³-hybridized carbons (Fsp3) is 0.857. The van der Waals surface area contributed by atoms with Gasteiger partial charge in [0.2, 0.25) is 0 Å². The molecule has 1 atom stereocenters. The molecule has 0 aliphatic carbocycles. The van der Waals surface area contributed by atoms with Gasteiger partial charge in [0.25, 0.3) is 0 Å². The summed E-state index contributed by atoms with van der Waals surface area (Å²) in [7, 11) is -3.09. The van der Waals surface area contributed by atoms with Crippen LogP contribution in [-0.4, -0.2) is 60.7 Å². The molecule has 7 nitrogen and oxygen atoms in total. The number of ether oxygens (including phenoxy) is 1. The first-order chi connectivity index (χ1) is 9.94. The maximum absolute atomic E-state index is 12.2. The van der Waals surface area contributed by atoms with Crippen LogP contribution in [0.2, 0.25) is 0 Å². The molecule has 1 N–H and O–H groups in total. The monoisotopic (exact) mass is 333 g/mol. The van der Waals surface area contributed by atoms with Crippen molar-refractivity contribution in [2.75, 3.05) is 24.6 Å². The minimum Gasteiger partial charge on any atom is -0.481 e. The van der Waals surface area contributed by atoms with E-state index in [4.69, 9.17) is 4.74 Å². The van der Waals surface area contributed by atoms with Crippen molar-refractivity contribution in [1.29, 1.82) is 0 Å². The van der Waals surface area contributed by atoms with Gasteiger partial charge in [-0.1, -0.05) is 0 Å². The fourth-order valence-corrected chi connectivity index (χ4v) is 4.86. The van der Waals surface area contributed by atoms with Crippen molar-refractivity contribution in [1.82, 2.24) is 4.90 Å². The maximum Gasteiger partial charge on any atom is 0.410 e. The lowest BCUT2D eigenvalue weighted by molar-refractivity contribution is -0.145. The molecule has 1 spiro atoms. The standard InChI is InChI=1S/C14H23NO6S/c1-13(2,3)21-12(18)15-8-10(11(16)17)14(9-15)4-6-22(19,20)7-5-14/h10H,4-9H2,1-3H3,(H,16,17). The molecule has 1 amide bonds. The number of carbonyl (C=O) groups excluding carboxylic acids is 1. The highest BCUT2D eigenvalue weighted by Gasteiger charge is 2.54. The topological polar surface area (TPSA) is 101 Å². The Balaban J connectivity index is 2.17. The molecule has 126 valence electrons. The van der Waals surface area contributed by atoms with Crippen molar-refractivity contribution >= 4 is 21.9 Å². The zero-order valence-electron chi connectivity index (χ0n) is 13.2. The molecule has 2 aliphatic rings. The minimum absolute atomic E-state index is 0.0149. The lowest BCUT2D eigenvalue weighted by Crippen LogP contribution is -2.42. The SMILES string of the molecule is CC(C)(C)OC(=O)N1CC(C(=O)O)C2(CCS(=O)(=O)CC2)C1. The van der Waals surface area contributed by atoms with Crippen LogP contribution in [0.15, 0.2) is 0 Å². The summed E-state index contributed by atoms with van der Waals surface area (Å²) < 4.78 is 28.5. The number of carboxylic acids is 1. The van der Waals surface area contributed by atoms with Gasteiger partial charge in [-0.2, -0.15) is 0 Å². The summed E-state index contributed by atoms with van der Waals surface area (Å²) in [6.07, 6.45) is 0.0288. The number of sulfone groups is 1. The van der Waals surface area contributed by atoms with Crippen LogP contribution in [0, 0.1) is 11.3 Å². The predicted octanol–water partition coefficient (Wildman–Crippen LogP) is 1.13. The van der Waals surface area contributed by atoms with Crippen LogP contribution in [-0.2, 0) is 19.4 Å². The van der Waals surface area contributed by atoms with Crippen LogP contribution >= 0.6 is 0 Å². The molecule has 0 radical (unpaired) electrons. The van der Waals surface area contributed by atoms with Crippen molar-refractivity contribution in [3.05, 3.63) is 0 Å². The second-order valence-corrected chi connectivity index (χ2v) is 9.57. The Morgan fingerprint density at radius 3 is 2.23 bits per heavy atom. The predicted molar refractivity (Wildman–Crippen MR) is 79.3 cm³/mol. The third kappa shape index (κ3) is 3.53. The van der Waals surface area contributed by atoms with E-state index >= 15 is 0 Å². The van der Waals surface area contributed by atoms with Crippen LogP contribution in [0.25, 0.3) is 0 Å². The highest BCUT2D eigenvalue weighted by Crippen LogP contribution is 2.45. The Kier molecular flexibility index (Phi) is 4.18. The highest BCUT2D eigenvalue weighted by molar-refractivity contribution is 7.91. The van der Waals surface area contributed by atoms with Crippen molar-refractivity contribution < 1.29 is 27.9 Å². The Morgan fingerprint density at radius 2 is 1.77 bits per heavy atom. The number of rotatable bonds is 1. The summed E-state index contributed by atoms with van der Waals surface area (Å²) >= 11 is 0. The molecule has 1 unspecified atom stereocenters. The Hall–Kier alpha value is -1.31. The number of carbonyl (C=O) groups is 2. The zero-order valence-corrected chi connectivity index (χ0v) is 14.0. The number of nitrogens with zero attached hydrogens (tertiary/aromatic N) is 1. The summed E-state index contributed by atoms with van der Waals surface area (Å²) in [6.45, 7) is 5.56. The first kappa shape index (κ1) is 17.1. The largest absolute Gasteiger partial charge is 0.481 e. The third-order valence-corrected chi connectivity index (χ3v) is 6.07. The number of hydrogen-bond acceptors (Lipinski definition) is 5. The van der Waals surface area contributed by atoms with Gasteiger partial charge in [0.15, 0.2) is 0 Å². The van der Waals surface area contributed by atoms with Crippen molar-refractivity contribution in [3.63, 3.8) is 0 Å². The lowest BCUT2D eigenvalue weighted by Gasteiger charge is -2.36. The van der Waals surface area contributed by atoms with Crippen molar-refractivity contribution in [2.45, 2.75) is 39.2 Å². The van der Waals surface area contributed by atoms with E-state index in [0.29, 0.717) is 0 Å². The van der Waals surface area contributed by atoms with E-state index in [-0.39, 0.29) is 37.4 Å². The van der Waals surface area contributed by atoms with Gasteiger partial charge in [-0.25, -0.2) is 13.2 Å². The first-order valence-corrected chi connectivity index (χ1v) is 9.17. The molecular formula is C14H23NO6S. The molecule has 2 aliphatic heterocycles. The molecule has 2 saturated heterocycles. The van der Waals surface area contributed by atoms with Crippen LogP contribution in [0.1, 0.15) is 33.6 Å². The van der Waals surface area contributed by atoms with Crippen LogP contribution < -0.4 is 0 Å². The van der Waals surface area contributed by atoms with E-state index < -0.39 is 38.8 Å². The van der Waals surface area contributed by atoms with Gasteiger partial charge in [0.1, 0.15) is 15.4 Å². The fourth-order valence-electron chi connectivity index (χ4n) is 3.23. The Morgan fingerprint density at radius 1 is 1.23 bits per heavy atom. The van der Waals surface area contributed by atoms with Crippen molar-refractivity contribution in [2.24, 2.45) is 11.3 Å². The molecule has 22 heavy (non-hydrogen) atoms. The molecule has 2 rings (SSSR count). The summed E-state index contributed by atoms with van der Waals surface area (Å²) in [4.78, 5) is 25.1. The third-order valence-electron chi connectivity index (χ3n) is 4.42.